The SMILES string of the molecule is CCC(CC)CO[Si](O)(O)O. The molecule has 0 bridgehead atoms. The first-order valence-electron chi connectivity index (χ1n) is 3.80. The molecule has 0 atom stereocenters. The van der Waals surface area contributed by atoms with Gasteiger partial charge in [-0.15, -0.1) is 0 Å². The van der Waals surface area contributed by atoms with E-state index in [9.17, 15) is 0 Å². The molecule has 0 aliphatic heterocycles. The highest BCUT2D eigenvalue weighted by atomic mass is 28.4. The minimum absolute atomic E-state index is 0.225. The predicted octanol–water partition coefficient (Wildman–Crippen LogP) is -0.148. The zero-order valence-electron chi connectivity index (χ0n) is 6.95. The van der Waals surface area contributed by atoms with Gasteiger partial charge in [-0.05, 0) is 5.92 Å². The number of hydrogen-bond acceptors (Lipinski definition) is 4. The molecule has 11 heavy (non-hydrogen) atoms. The Morgan fingerprint density at radius 2 is 1.64 bits per heavy atom. The van der Waals surface area contributed by atoms with Crippen molar-refractivity contribution in [2.75, 3.05) is 6.61 Å². The maximum atomic E-state index is 8.49. The van der Waals surface area contributed by atoms with Crippen molar-refractivity contribution in [3.05, 3.63) is 0 Å². The van der Waals surface area contributed by atoms with E-state index in [4.69, 9.17) is 14.4 Å². The molecule has 0 unspecified atom stereocenters. The van der Waals surface area contributed by atoms with Crippen molar-refractivity contribution in [2.24, 2.45) is 5.92 Å². The molecule has 0 aromatic carbocycles. The molecule has 4 nitrogen and oxygen atoms in total. The topological polar surface area (TPSA) is 69.9 Å². The summed E-state index contributed by atoms with van der Waals surface area (Å²) in [6, 6.07) is 0. The Morgan fingerprint density at radius 1 is 1.18 bits per heavy atom. The van der Waals surface area contributed by atoms with Crippen molar-refractivity contribution >= 4 is 9.05 Å². The van der Waals surface area contributed by atoms with Gasteiger partial charge in [0.2, 0.25) is 0 Å². The molecule has 0 saturated heterocycles. The van der Waals surface area contributed by atoms with Gasteiger partial charge in [-0.2, -0.15) is 0 Å². The van der Waals surface area contributed by atoms with E-state index in [-0.39, 0.29) is 6.61 Å². The summed E-state index contributed by atoms with van der Waals surface area (Å²) in [7, 11) is -4.25. The summed E-state index contributed by atoms with van der Waals surface area (Å²) in [5.41, 5.74) is 0. The Hall–Kier alpha value is 0.0569. The summed E-state index contributed by atoms with van der Waals surface area (Å²) in [5.74, 6) is 0.299. The summed E-state index contributed by atoms with van der Waals surface area (Å²) in [4.78, 5) is 25.5. The maximum absolute atomic E-state index is 8.49. The largest absolute Gasteiger partial charge is 0.671 e. The van der Waals surface area contributed by atoms with Crippen LogP contribution in [0.2, 0.25) is 0 Å². The van der Waals surface area contributed by atoms with Crippen molar-refractivity contribution in [2.45, 2.75) is 26.7 Å². The quantitative estimate of drug-likeness (QED) is 0.515. The Kier molecular flexibility index (Phi) is 4.86. The van der Waals surface area contributed by atoms with Crippen LogP contribution in [-0.4, -0.2) is 30.0 Å². The lowest BCUT2D eigenvalue weighted by molar-refractivity contribution is 0.0476. The van der Waals surface area contributed by atoms with E-state index in [2.05, 4.69) is 4.43 Å². The van der Waals surface area contributed by atoms with Crippen LogP contribution >= 0.6 is 0 Å². The van der Waals surface area contributed by atoms with Crippen LogP contribution in [0.25, 0.3) is 0 Å². The molecule has 0 aliphatic carbocycles. The second-order valence-corrected chi connectivity index (χ2v) is 4.00. The third kappa shape index (κ3) is 6.45. The van der Waals surface area contributed by atoms with Crippen LogP contribution in [-0.2, 0) is 4.43 Å². The molecule has 0 rings (SSSR count). The van der Waals surface area contributed by atoms with Gasteiger partial charge in [-0.3, -0.25) is 0 Å². The van der Waals surface area contributed by atoms with Crippen molar-refractivity contribution in [1.82, 2.24) is 0 Å². The third-order valence-electron chi connectivity index (χ3n) is 1.67. The van der Waals surface area contributed by atoms with Gasteiger partial charge in [0, 0.05) is 6.61 Å². The summed E-state index contributed by atoms with van der Waals surface area (Å²) in [6.45, 7) is 4.21. The number of hydrogen-bond donors (Lipinski definition) is 3. The maximum Gasteiger partial charge on any atom is 0.671 e. The highest BCUT2D eigenvalue weighted by Crippen LogP contribution is 2.08. The molecular formula is C6H16O4Si. The summed E-state index contributed by atoms with van der Waals surface area (Å²) in [5, 5.41) is 0. The first-order chi connectivity index (χ1) is 4.99. The molecule has 0 amide bonds. The molecule has 0 aromatic heterocycles. The second kappa shape index (κ2) is 4.84. The molecule has 0 spiro atoms. The van der Waals surface area contributed by atoms with Gasteiger partial charge in [0.15, 0.2) is 0 Å². The lowest BCUT2D eigenvalue weighted by atomic mass is 10.1. The third-order valence-corrected chi connectivity index (χ3v) is 2.22. The average Bonchev–Trinajstić information content (AvgIpc) is 1.88. The van der Waals surface area contributed by atoms with Crippen molar-refractivity contribution in [1.29, 1.82) is 0 Å². The van der Waals surface area contributed by atoms with E-state index >= 15 is 0 Å². The van der Waals surface area contributed by atoms with Crippen molar-refractivity contribution < 1.29 is 18.8 Å². The van der Waals surface area contributed by atoms with Crippen molar-refractivity contribution in [3.63, 3.8) is 0 Å². The van der Waals surface area contributed by atoms with Crippen LogP contribution in [0.5, 0.6) is 0 Å². The lowest BCUT2D eigenvalue weighted by Gasteiger charge is -2.15. The second-order valence-electron chi connectivity index (χ2n) is 2.57. The summed E-state index contributed by atoms with van der Waals surface area (Å²) < 4.78 is 4.48. The molecule has 68 valence electrons. The lowest BCUT2D eigenvalue weighted by Crippen LogP contribution is -2.40. The first kappa shape index (κ1) is 11.1. The fourth-order valence-electron chi connectivity index (χ4n) is 0.754. The Balaban J connectivity index is 3.51. The van der Waals surface area contributed by atoms with Crippen LogP contribution in [0.1, 0.15) is 26.7 Å². The van der Waals surface area contributed by atoms with Crippen LogP contribution in [0.4, 0.5) is 0 Å². The zero-order valence-corrected chi connectivity index (χ0v) is 7.95. The van der Waals surface area contributed by atoms with E-state index in [0.717, 1.165) is 12.8 Å². The Morgan fingerprint density at radius 3 is 1.91 bits per heavy atom. The normalized spacial score (nSPS) is 12.5. The van der Waals surface area contributed by atoms with Crippen LogP contribution < -0.4 is 0 Å². The monoisotopic (exact) mass is 180 g/mol. The van der Waals surface area contributed by atoms with Gasteiger partial charge in [0.1, 0.15) is 0 Å². The van der Waals surface area contributed by atoms with Crippen molar-refractivity contribution in [3.8, 4) is 0 Å². The van der Waals surface area contributed by atoms with E-state index in [1.807, 2.05) is 13.8 Å². The van der Waals surface area contributed by atoms with Crippen LogP contribution in [0.15, 0.2) is 0 Å². The Bertz CT molecular complexity index is 97.2. The molecule has 0 heterocycles. The predicted molar refractivity (Wildman–Crippen MR) is 42.4 cm³/mol. The van der Waals surface area contributed by atoms with Gasteiger partial charge in [-0.25, -0.2) is 0 Å². The van der Waals surface area contributed by atoms with E-state index in [1.54, 1.807) is 0 Å². The highest BCUT2D eigenvalue weighted by Gasteiger charge is 2.30. The highest BCUT2D eigenvalue weighted by molar-refractivity contribution is 6.48. The molecule has 0 aliphatic rings. The Labute approximate surface area is 67.9 Å². The smallest absolute Gasteiger partial charge is 0.368 e. The van der Waals surface area contributed by atoms with Gasteiger partial charge >= 0.3 is 9.05 Å². The number of rotatable bonds is 5. The van der Waals surface area contributed by atoms with Gasteiger partial charge in [0.05, 0.1) is 0 Å². The van der Waals surface area contributed by atoms with Crippen LogP contribution in [0, 0.1) is 5.92 Å². The minimum Gasteiger partial charge on any atom is -0.368 e. The molecule has 0 fully saturated rings. The average molecular weight is 180 g/mol. The van der Waals surface area contributed by atoms with E-state index < -0.39 is 9.05 Å². The molecule has 0 aromatic rings. The first-order valence-corrected chi connectivity index (χ1v) is 5.55. The fourth-order valence-corrected chi connectivity index (χ4v) is 1.21. The summed E-state index contributed by atoms with van der Waals surface area (Å²) in [6.07, 6.45) is 1.84. The molecule has 5 heteroatoms. The van der Waals surface area contributed by atoms with E-state index in [1.165, 1.54) is 0 Å². The van der Waals surface area contributed by atoms with Gasteiger partial charge in [-0.1, -0.05) is 26.7 Å². The molecule has 0 radical (unpaired) electrons. The van der Waals surface area contributed by atoms with Gasteiger partial charge in [0.25, 0.3) is 0 Å². The molecule has 3 N–H and O–H groups in total. The zero-order chi connectivity index (χ0) is 8.91. The van der Waals surface area contributed by atoms with Gasteiger partial charge < -0.3 is 18.8 Å². The van der Waals surface area contributed by atoms with E-state index in [0.29, 0.717) is 5.92 Å². The standard InChI is InChI=1S/C6H16O4Si/c1-3-6(4-2)5-10-11(7,8)9/h6-9H,3-5H2,1-2H3. The fraction of sp³-hybridized carbons (Fsp3) is 1.00. The molecular weight excluding hydrogens is 164 g/mol. The summed E-state index contributed by atoms with van der Waals surface area (Å²) >= 11 is 0. The van der Waals surface area contributed by atoms with Crippen LogP contribution in [0.3, 0.4) is 0 Å². The minimum atomic E-state index is -4.25. The molecule has 0 saturated carbocycles.